The number of carbonyl (C=O) groups is 4. The van der Waals surface area contributed by atoms with Gasteiger partial charge in [-0.2, -0.15) is 0 Å². The fourth-order valence-corrected chi connectivity index (χ4v) is 3.78. The van der Waals surface area contributed by atoms with E-state index in [9.17, 15) is 23.6 Å². The largest absolute Gasteiger partial charge is 0.483 e. The molecule has 36 heavy (non-hydrogen) atoms. The summed E-state index contributed by atoms with van der Waals surface area (Å²) in [6.45, 7) is -0.360. The summed E-state index contributed by atoms with van der Waals surface area (Å²) in [4.78, 5) is 51.0. The fourth-order valence-electron chi connectivity index (χ4n) is 3.27. The van der Waals surface area contributed by atoms with Crippen molar-refractivity contribution in [3.05, 3.63) is 93.2 Å². The molecule has 3 aromatic carbocycles. The molecule has 1 aliphatic rings. The standard InChI is InChI=1S/C25H16BrClFN3O5/c26-15-1-10-21(36-13-22(32)29-18-6-2-16(27)3-7-18)14(11-15)12-20-23(33)30-25(35)31(24(20)34)19-8-4-17(28)5-9-19/h1-12H,13H2,(H,29,32)(H,30,33,35)/b20-12+. The van der Waals surface area contributed by atoms with E-state index in [1.165, 1.54) is 18.2 Å². The van der Waals surface area contributed by atoms with Gasteiger partial charge in [0.1, 0.15) is 17.1 Å². The lowest BCUT2D eigenvalue weighted by Crippen LogP contribution is -2.54. The Morgan fingerprint density at radius 2 is 1.75 bits per heavy atom. The minimum absolute atomic E-state index is 0.0851. The van der Waals surface area contributed by atoms with Gasteiger partial charge in [-0.15, -0.1) is 0 Å². The summed E-state index contributed by atoms with van der Waals surface area (Å²) in [5.74, 6) is -2.59. The number of carbonyl (C=O) groups excluding carboxylic acids is 4. The summed E-state index contributed by atoms with van der Waals surface area (Å²) in [5, 5.41) is 5.29. The number of nitrogens with one attached hydrogen (secondary N) is 2. The maximum Gasteiger partial charge on any atom is 0.335 e. The van der Waals surface area contributed by atoms with Crippen LogP contribution >= 0.6 is 27.5 Å². The maximum absolute atomic E-state index is 13.3. The first-order valence-corrected chi connectivity index (χ1v) is 11.5. The Balaban J connectivity index is 1.57. The third-order valence-electron chi connectivity index (χ3n) is 4.94. The highest BCUT2D eigenvalue weighted by molar-refractivity contribution is 9.10. The number of nitrogens with zero attached hydrogens (tertiary/aromatic N) is 1. The van der Waals surface area contributed by atoms with Crippen molar-refractivity contribution >= 4 is 68.7 Å². The number of anilines is 2. The van der Waals surface area contributed by atoms with E-state index in [0.717, 1.165) is 17.0 Å². The number of hydrogen-bond acceptors (Lipinski definition) is 5. The van der Waals surface area contributed by atoms with E-state index < -0.39 is 29.6 Å². The lowest BCUT2D eigenvalue weighted by Gasteiger charge is -2.26. The predicted molar refractivity (Wildman–Crippen MR) is 135 cm³/mol. The molecular weight excluding hydrogens is 557 g/mol. The summed E-state index contributed by atoms with van der Waals surface area (Å²) in [5.41, 5.74) is 0.561. The number of hydrogen-bond donors (Lipinski definition) is 2. The van der Waals surface area contributed by atoms with Crippen molar-refractivity contribution in [3.63, 3.8) is 0 Å². The van der Waals surface area contributed by atoms with E-state index in [-0.39, 0.29) is 23.6 Å². The zero-order valence-electron chi connectivity index (χ0n) is 18.3. The molecule has 8 nitrogen and oxygen atoms in total. The smallest absolute Gasteiger partial charge is 0.335 e. The van der Waals surface area contributed by atoms with Crippen molar-refractivity contribution in [1.29, 1.82) is 0 Å². The zero-order chi connectivity index (χ0) is 25.8. The number of benzene rings is 3. The van der Waals surface area contributed by atoms with Crippen LogP contribution in [0.5, 0.6) is 5.75 Å². The topological polar surface area (TPSA) is 105 Å². The molecule has 1 heterocycles. The summed E-state index contributed by atoms with van der Waals surface area (Å²) >= 11 is 9.17. The van der Waals surface area contributed by atoms with Crippen LogP contribution in [0.25, 0.3) is 6.08 Å². The van der Waals surface area contributed by atoms with Gasteiger partial charge in [-0.1, -0.05) is 27.5 Å². The molecule has 1 fully saturated rings. The van der Waals surface area contributed by atoms with Gasteiger partial charge in [0.25, 0.3) is 17.7 Å². The molecule has 2 N–H and O–H groups in total. The van der Waals surface area contributed by atoms with E-state index in [0.29, 0.717) is 20.7 Å². The minimum atomic E-state index is -0.960. The molecular formula is C25H16BrClFN3O5. The minimum Gasteiger partial charge on any atom is -0.483 e. The van der Waals surface area contributed by atoms with Crippen LogP contribution in [-0.2, 0) is 14.4 Å². The molecule has 4 rings (SSSR count). The molecule has 0 aliphatic carbocycles. The van der Waals surface area contributed by atoms with Gasteiger partial charge in [0.2, 0.25) is 0 Å². The first-order valence-electron chi connectivity index (χ1n) is 10.4. The number of ether oxygens (including phenoxy) is 1. The highest BCUT2D eigenvalue weighted by Crippen LogP contribution is 2.28. The quantitative estimate of drug-likeness (QED) is 0.322. The van der Waals surface area contributed by atoms with Gasteiger partial charge in [0.15, 0.2) is 6.61 Å². The lowest BCUT2D eigenvalue weighted by atomic mass is 10.1. The Hall–Kier alpha value is -4.02. The molecule has 0 unspecified atom stereocenters. The number of urea groups is 1. The third-order valence-corrected chi connectivity index (χ3v) is 5.69. The molecule has 1 saturated heterocycles. The van der Waals surface area contributed by atoms with Crippen molar-refractivity contribution in [2.75, 3.05) is 16.8 Å². The summed E-state index contributed by atoms with van der Waals surface area (Å²) < 4.78 is 19.6. The van der Waals surface area contributed by atoms with Crippen LogP contribution in [-0.4, -0.2) is 30.4 Å². The van der Waals surface area contributed by atoms with Gasteiger partial charge in [-0.3, -0.25) is 19.7 Å². The first kappa shape index (κ1) is 25.1. The van der Waals surface area contributed by atoms with E-state index in [2.05, 4.69) is 26.6 Å². The average Bonchev–Trinajstić information content (AvgIpc) is 2.84. The zero-order valence-corrected chi connectivity index (χ0v) is 20.6. The molecule has 0 spiro atoms. The van der Waals surface area contributed by atoms with Crippen molar-refractivity contribution in [3.8, 4) is 5.75 Å². The van der Waals surface area contributed by atoms with Gasteiger partial charge in [0.05, 0.1) is 5.69 Å². The number of rotatable bonds is 6. The molecule has 1 aliphatic heterocycles. The van der Waals surface area contributed by atoms with Gasteiger partial charge < -0.3 is 10.1 Å². The summed E-state index contributed by atoms with van der Waals surface area (Å²) in [6, 6.07) is 15.0. The fraction of sp³-hybridized carbons (Fsp3) is 0.0400. The summed E-state index contributed by atoms with van der Waals surface area (Å²) in [7, 11) is 0. The van der Waals surface area contributed by atoms with Gasteiger partial charge in [-0.05, 0) is 72.8 Å². The second kappa shape index (κ2) is 10.7. The molecule has 0 atom stereocenters. The summed E-state index contributed by atoms with van der Waals surface area (Å²) in [6.07, 6.45) is 1.25. The molecule has 0 bridgehead atoms. The Morgan fingerprint density at radius 3 is 2.44 bits per heavy atom. The molecule has 11 heteroatoms. The average molecular weight is 573 g/mol. The first-order chi connectivity index (χ1) is 17.2. The Bertz CT molecular complexity index is 1390. The number of imide groups is 2. The van der Waals surface area contributed by atoms with Crippen molar-refractivity contribution in [2.24, 2.45) is 0 Å². The molecule has 5 amide bonds. The van der Waals surface area contributed by atoms with Crippen LogP contribution in [0, 0.1) is 5.82 Å². The van der Waals surface area contributed by atoms with E-state index in [1.54, 1.807) is 42.5 Å². The predicted octanol–water partition coefficient (Wildman–Crippen LogP) is 4.93. The normalized spacial score (nSPS) is 14.6. The SMILES string of the molecule is O=C(COc1ccc(Br)cc1/C=C1\C(=O)NC(=O)N(c2ccc(F)cc2)C1=O)Nc1ccc(Cl)cc1. The van der Waals surface area contributed by atoms with Crippen LogP contribution < -0.4 is 20.3 Å². The van der Waals surface area contributed by atoms with Crippen LogP contribution in [0.3, 0.4) is 0 Å². The number of amides is 5. The number of barbiturate groups is 1. The lowest BCUT2D eigenvalue weighted by molar-refractivity contribution is -0.122. The molecule has 3 aromatic rings. The van der Waals surface area contributed by atoms with Crippen LogP contribution in [0.15, 0.2) is 76.8 Å². The van der Waals surface area contributed by atoms with Crippen LogP contribution in [0.2, 0.25) is 5.02 Å². The Morgan fingerprint density at radius 1 is 1.06 bits per heavy atom. The van der Waals surface area contributed by atoms with Gasteiger partial charge in [0, 0.05) is 20.7 Å². The Labute approximate surface area is 217 Å². The number of halogens is 3. The third kappa shape index (κ3) is 5.78. The highest BCUT2D eigenvalue weighted by Gasteiger charge is 2.37. The molecule has 182 valence electrons. The maximum atomic E-state index is 13.3. The molecule has 0 saturated carbocycles. The van der Waals surface area contributed by atoms with Gasteiger partial charge in [-0.25, -0.2) is 14.1 Å². The van der Waals surface area contributed by atoms with Crippen molar-refractivity contribution in [2.45, 2.75) is 0 Å². The van der Waals surface area contributed by atoms with Crippen molar-refractivity contribution in [1.82, 2.24) is 5.32 Å². The van der Waals surface area contributed by atoms with Crippen molar-refractivity contribution < 1.29 is 28.3 Å². The highest BCUT2D eigenvalue weighted by atomic mass is 79.9. The second-order valence-electron chi connectivity index (χ2n) is 7.46. The van der Waals surface area contributed by atoms with E-state index >= 15 is 0 Å². The second-order valence-corrected chi connectivity index (χ2v) is 8.81. The van der Waals surface area contributed by atoms with Crippen LogP contribution in [0.4, 0.5) is 20.6 Å². The molecule has 0 radical (unpaired) electrons. The monoisotopic (exact) mass is 571 g/mol. The van der Waals surface area contributed by atoms with Gasteiger partial charge >= 0.3 is 6.03 Å². The molecule has 0 aromatic heterocycles. The van der Waals surface area contributed by atoms with E-state index in [4.69, 9.17) is 16.3 Å². The van der Waals surface area contributed by atoms with Crippen LogP contribution in [0.1, 0.15) is 5.56 Å². The Kier molecular flexibility index (Phi) is 7.47. The van der Waals surface area contributed by atoms with E-state index in [1.807, 2.05) is 0 Å².